The molecule has 0 aliphatic carbocycles. The van der Waals surface area contributed by atoms with Crippen molar-refractivity contribution >= 4 is 17.5 Å². The molecule has 1 saturated heterocycles. The predicted molar refractivity (Wildman–Crippen MR) is 90.3 cm³/mol. The standard InChI is InChI=1S/C18H26N2O3/c1-2-3-11-23-12-7-10-19-18(22)15-13-17(21)20(14-15)16-8-5-4-6-9-16/h4-6,8-9,15H,2-3,7,10-14H2,1H3,(H,19,22). The van der Waals surface area contributed by atoms with E-state index in [-0.39, 0.29) is 24.2 Å². The van der Waals surface area contributed by atoms with Gasteiger partial charge in [-0.3, -0.25) is 9.59 Å². The van der Waals surface area contributed by atoms with Crippen LogP contribution in [-0.2, 0) is 14.3 Å². The quantitative estimate of drug-likeness (QED) is 0.711. The number of nitrogens with one attached hydrogen (secondary N) is 1. The first-order chi connectivity index (χ1) is 11.2. The first kappa shape index (κ1) is 17.5. The summed E-state index contributed by atoms with van der Waals surface area (Å²) >= 11 is 0. The average Bonchev–Trinajstić information content (AvgIpc) is 2.96. The molecule has 1 N–H and O–H groups in total. The van der Waals surface area contributed by atoms with Crippen LogP contribution in [0.15, 0.2) is 30.3 Å². The summed E-state index contributed by atoms with van der Waals surface area (Å²) < 4.78 is 5.46. The highest BCUT2D eigenvalue weighted by Crippen LogP contribution is 2.24. The van der Waals surface area contributed by atoms with E-state index in [0.717, 1.165) is 31.6 Å². The van der Waals surface area contributed by atoms with Gasteiger partial charge in [-0.1, -0.05) is 31.5 Å². The van der Waals surface area contributed by atoms with Gasteiger partial charge in [0, 0.05) is 38.4 Å². The monoisotopic (exact) mass is 318 g/mol. The zero-order chi connectivity index (χ0) is 16.5. The molecule has 1 aromatic carbocycles. The average molecular weight is 318 g/mol. The van der Waals surface area contributed by atoms with Gasteiger partial charge in [0.15, 0.2) is 0 Å². The van der Waals surface area contributed by atoms with E-state index >= 15 is 0 Å². The van der Waals surface area contributed by atoms with Crippen LogP contribution in [0.4, 0.5) is 5.69 Å². The Balaban J connectivity index is 1.69. The van der Waals surface area contributed by atoms with Crippen molar-refractivity contribution < 1.29 is 14.3 Å². The largest absolute Gasteiger partial charge is 0.381 e. The lowest BCUT2D eigenvalue weighted by molar-refractivity contribution is -0.126. The number of benzene rings is 1. The molecule has 1 fully saturated rings. The minimum absolute atomic E-state index is 0.0132. The van der Waals surface area contributed by atoms with Gasteiger partial charge in [0.25, 0.3) is 0 Å². The first-order valence-electron chi connectivity index (χ1n) is 8.43. The Morgan fingerprint density at radius 3 is 2.74 bits per heavy atom. The van der Waals surface area contributed by atoms with Crippen molar-refractivity contribution in [2.24, 2.45) is 5.92 Å². The highest BCUT2D eigenvalue weighted by Gasteiger charge is 2.34. The summed E-state index contributed by atoms with van der Waals surface area (Å²) in [6.45, 7) is 4.64. The molecule has 0 saturated carbocycles. The minimum Gasteiger partial charge on any atom is -0.381 e. The molecule has 126 valence electrons. The summed E-state index contributed by atoms with van der Waals surface area (Å²) in [6, 6.07) is 9.50. The SMILES string of the molecule is CCCCOCCCNC(=O)C1CC(=O)N(c2ccccc2)C1. The molecule has 0 spiro atoms. The van der Waals surface area contributed by atoms with Crippen LogP contribution >= 0.6 is 0 Å². The highest BCUT2D eigenvalue weighted by atomic mass is 16.5. The third-order valence-electron chi connectivity index (χ3n) is 3.97. The van der Waals surface area contributed by atoms with Crippen LogP contribution in [0.1, 0.15) is 32.6 Å². The summed E-state index contributed by atoms with van der Waals surface area (Å²) in [5.41, 5.74) is 0.858. The Kier molecular flexibility index (Phi) is 7.07. The van der Waals surface area contributed by atoms with Gasteiger partial charge in [0.2, 0.25) is 11.8 Å². The molecule has 1 aromatic rings. The van der Waals surface area contributed by atoms with Crippen LogP contribution in [0.3, 0.4) is 0 Å². The van der Waals surface area contributed by atoms with Crippen molar-refractivity contribution in [3.05, 3.63) is 30.3 Å². The fourth-order valence-electron chi connectivity index (χ4n) is 2.62. The molecule has 1 aliphatic heterocycles. The smallest absolute Gasteiger partial charge is 0.227 e. The summed E-state index contributed by atoms with van der Waals surface area (Å²) in [7, 11) is 0. The van der Waals surface area contributed by atoms with Crippen molar-refractivity contribution in [2.45, 2.75) is 32.6 Å². The number of hydrogen-bond acceptors (Lipinski definition) is 3. The molecule has 23 heavy (non-hydrogen) atoms. The van der Waals surface area contributed by atoms with Crippen molar-refractivity contribution in [1.29, 1.82) is 0 Å². The Morgan fingerprint density at radius 2 is 2.00 bits per heavy atom. The van der Waals surface area contributed by atoms with E-state index in [0.29, 0.717) is 19.7 Å². The molecule has 1 aliphatic rings. The van der Waals surface area contributed by atoms with E-state index < -0.39 is 0 Å². The number of amides is 2. The molecule has 0 bridgehead atoms. The van der Waals surface area contributed by atoms with Crippen LogP contribution < -0.4 is 10.2 Å². The maximum absolute atomic E-state index is 12.2. The number of para-hydroxylation sites is 1. The molecule has 5 heteroatoms. The molecule has 0 aromatic heterocycles. The first-order valence-corrected chi connectivity index (χ1v) is 8.43. The topological polar surface area (TPSA) is 58.6 Å². The van der Waals surface area contributed by atoms with Gasteiger partial charge in [-0.05, 0) is 25.0 Å². The van der Waals surface area contributed by atoms with E-state index in [9.17, 15) is 9.59 Å². The van der Waals surface area contributed by atoms with Gasteiger partial charge in [0.05, 0.1) is 5.92 Å². The number of carbonyl (C=O) groups excluding carboxylic acids is 2. The summed E-state index contributed by atoms with van der Waals surface area (Å²) in [4.78, 5) is 26.0. The molecular formula is C18H26N2O3. The van der Waals surface area contributed by atoms with Crippen molar-refractivity contribution in [2.75, 3.05) is 31.2 Å². The van der Waals surface area contributed by atoms with Gasteiger partial charge in [-0.25, -0.2) is 0 Å². The van der Waals surface area contributed by atoms with Crippen LogP contribution in [0.5, 0.6) is 0 Å². The summed E-state index contributed by atoms with van der Waals surface area (Å²) in [5, 5.41) is 2.91. The second-order valence-electron chi connectivity index (χ2n) is 5.85. The molecular weight excluding hydrogens is 292 g/mol. The number of unbranched alkanes of at least 4 members (excludes halogenated alkanes) is 1. The van der Waals surface area contributed by atoms with Crippen LogP contribution in [0.2, 0.25) is 0 Å². The maximum Gasteiger partial charge on any atom is 0.227 e. The number of nitrogens with zero attached hydrogens (tertiary/aromatic N) is 1. The van der Waals surface area contributed by atoms with E-state index in [1.165, 1.54) is 0 Å². The third kappa shape index (κ3) is 5.36. The molecule has 1 atom stereocenters. The number of anilines is 1. The Bertz CT molecular complexity index is 504. The van der Waals surface area contributed by atoms with Crippen LogP contribution in [0.25, 0.3) is 0 Å². The third-order valence-corrected chi connectivity index (χ3v) is 3.97. The molecule has 5 nitrogen and oxygen atoms in total. The fourth-order valence-corrected chi connectivity index (χ4v) is 2.62. The van der Waals surface area contributed by atoms with Gasteiger partial charge in [-0.2, -0.15) is 0 Å². The van der Waals surface area contributed by atoms with E-state index in [2.05, 4.69) is 12.2 Å². The Morgan fingerprint density at radius 1 is 1.26 bits per heavy atom. The second-order valence-corrected chi connectivity index (χ2v) is 5.85. The van der Waals surface area contributed by atoms with E-state index in [4.69, 9.17) is 4.74 Å². The van der Waals surface area contributed by atoms with Crippen LogP contribution in [0, 0.1) is 5.92 Å². The summed E-state index contributed by atoms with van der Waals surface area (Å²) in [5.74, 6) is -0.284. The fraction of sp³-hybridized carbons (Fsp3) is 0.556. The number of hydrogen-bond donors (Lipinski definition) is 1. The van der Waals surface area contributed by atoms with Gasteiger partial charge in [-0.15, -0.1) is 0 Å². The minimum atomic E-state index is -0.260. The lowest BCUT2D eigenvalue weighted by Gasteiger charge is -2.16. The molecule has 2 amide bonds. The molecule has 1 unspecified atom stereocenters. The highest BCUT2D eigenvalue weighted by molar-refractivity contribution is 6.00. The normalized spacial score (nSPS) is 17.5. The van der Waals surface area contributed by atoms with Crippen molar-refractivity contribution in [3.8, 4) is 0 Å². The number of rotatable bonds is 9. The molecule has 0 radical (unpaired) electrons. The summed E-state index contributed by atoms with van der Waals surface area (Å²) in [6.07, 6.45) is 3.29. The number of carbonyl (C=O) groups is 2. The van der Waals surface area contributed by atoms with Gasteiger partial charge in [0.1, 0.15) is 0 Å². The maximum atomic E-state index is 12.2. The zero-order valence-corrected chi connectivity index (χ0v) is 13.8. The van der Waals surface area contributed by atoms with Crippen molar-refractivity contribution in [3.63, 3.8) is 0 Å². The molecule has 1 heterocycles. The predicted octanol–water partition coefficient (Wildman–Crippen LogP) is 2.36. The lowest BCUT2D eigenvalue weighted by Crippen LogP contribution is -2.33. The lowest BCUT2D eigenvalue weighted by atomic mass is 10.1. The Hall–Kier alpha value is -1.88. The van der Waals surface area contributed by atoms with Gasteiger partial charge < -0.3 is 15.0 Å². The van der Waals surface area contributed by atoms with Crippen molar-refractivity contribution in [1.82, 2.24) is 5.32 Å². The van der Waals surface area contributed by atoms with E-state index in [1.807, 2.05) is 30.3 Å². The molecule has 2 rings (SSSR count). The second kappa shape index (κ2) is 9.30. The van der Waals surface area contributed by atoms with E-state index in [1.54, 1.807) is 4.90 Å². The van der Waals surface area contributed by atoms with Gasteiger partial charge >= 0.3 is 0 Å². The Labute approximate surface area is 138 Å². The zero-order valence-electron chi connectivity index (χ0n) is 13.8. The van der Waals surface area contributed by atoms with Crippen LogP contribution in [-0.4, -0.2) is 38.1 Å². The number of ether oxygens (including phenoxy) is 1.